The fourth-order valence-electron chi connectivity index (χ4n) is 3.37. The molecule has 0 spiro atoms. The summed E-state index contributed by atoms with van der Waals surface area (Å²) in [6, 6.07) is 29.7. The number of sulfonamides is 1. The van der Waals surface area contributed by atoms with Crippen LogP contribution in [0.4, 0.5) is 11.4 Å². The number of carbonyl (C=O) groups is 1. The number of nitrogens with one attached hydrogen (secondary N) is 3. The van der Waals surface area contributed by atoms with Crippen molar-refractivity contribution in [2.75, 3.05) is 17.1 Å². The average Bonchev–Trinajstić information content (AvgIpc) is 2.90. The number of rotatable bonds is 7. The number of ether oxygens (including phenoxy) is 1. The van der Waals surface area contributed by atoms with Crippen molar-refractivity contribution in [3.8, 4) is 16.9 Å². The first-order valence-corrected chi connectivity index (χ1v) is 12.8. The van der Waals surface area contributed by atoms with Gasteiger partial charge in [-0.15, -0.1) is 0 Å². The van der Waals surface area contributed by atoms with Gasteiger partial charge in [-0.2, -0.15) is 0 Å². The minimum absolute atomic E-state index is 0.0809. The molecule has 1 amide bonds. The number of amides is 1. The smallest absolute Gasteiger partial charge is 0.261 e. The van der Waals surface area contributed by atoms with Gasteiger partial charge in [0.05, 0.1) is 12.0 Å². The second-order valence-corrected chi connectivity index (χ2v) is 9.80. The summed E-state index contributed by atoms with van der Waals surface area (Å²) in [6.45, 7) is 0. The van der Waals surface area contributed by atoms with Crippen molar-refractivity contribution in [1.29, 1.82) is 0 Å². The molecule has 182 valence electrons. The molecule has 7 nitrogen and oxygen atoms in total. The predicted molar refractivity (Wildman–Crippen MR) is 146 cm³/mol. The number of thiocarbonyl (C=S) groups is 1. The van der Waals surface area contributed by atoms with Gasteiger partial charge in [0.15, 0.2) is 5.11 Å². The van der Waals surface area contributed by atoms with Crippen molar-refractivity contribution in [1.82, 2.24) is 5.32 Å². The number of hydrogen-bond acceptors (Lipinski definition) is 5. The maximum Gasteiger partial charge on any atom is 0.261 e. The van der Waals surface area contributed by atoms with Gasteiger partial charge in [-0.3, -0.25) is 14.8 Å². The molecule has 0 aliphatic rings. The Morgan fingerprint density at radius 2 is 1.33 bits per heavy atom. The predicted octanol–water partition coefficient (Wildman–Crippen LogP) is 5.29. The number of carbonyl (C=O) groups excluding carboxylic acids is 1. The molecule has 0 bridgehead atoms. The van der Waals surface area contributed by atoms with Gasteiger partial charge in [-0.1, -0.05) is 42.5 Å². The molecule has 0 aliphatic heterocycles. The Morgan fingerprint density at radius 1 is 0.750 bits per heavy atom. The van der Waals surface area contributed by atoms with E-state index in [2.05, 4.69) is 15.4 Å². The van der Waals surface area contributed by atoms with E-state index in [1.54, 1.807) is 48.5 Å². The lowest BCUT2D eigenvalue weighted by molar-refractivity contribution is 0.0977. The second kappa shape index (κ2) is 11.0. The number of benzene rings is 4. The van der Waals surface area contributed by atoms with Crippen molar-refractivity contribution in [3.05, 3.63) is 109 Å². The van der Waals surface area contributed by atoms with Crippen LogP contribution in [-0.4, -0.2) is 26.5 Å². The molecule has 36 heavy (non-hydrogen) atoms. The van der Waals surface area contributed by atoms with Crippen molar-refractivity contribution >= 4 is 44.6 Å². The largest absolute Gasteiger partial charge is 0.497 e. The first-order chi connectivity index (χ1) is 17.3. The van der Waals surface area contributed by atoms with E-state index in [4.69, 9.17) is 17.0 Å². The topological polar surface area (TPSA) is 96.5 Å². The molecular weight excluding hydrogens is 494 g/mol. The molecule has 0 atom stereocenters. The molecule has 0 fully saturated rings. The fraction of sp³-hybridized carbons (Fsp3) is 0.0370. The van der Waals surface area contributed by atoms with Gasteiger partial charge < -0.3 is 10.1 Å². The van der Waals surface area contributed by atoms with Crippen molar-refractivity contribution in [2.45, 2.75) is 4.90 Å². The zero-order valence-corrected chi connectivity index (χ0v) is 20.9. The van der Waals surface area contributed by atoms with Gasteiger partial charge in [-0.05, 0) is 84.0 Å². The van der Waals surface area contributed by atoms with Crippen molar-refractivity contribution in [2.24, 2.45) is 0 Å². The zero-order valence-electron chi connectivity index (χ0n) is 19.3. The van der Waals surface area contributed by atoms with Crippen LogP contribution < -0.4 is 20.1 Å². The Balaban J connectivity index is 1.34. The molecule has 0 unspecified atom stereocenters. The lowest BCUT2D eigenvalue weighted by Crippen LogP contribution is -2.34. The molecule has 0 saturated carbocycles. The third-order valence-electron chi connectivity index (χ3n) is 5.25. The Hall–Kier alpha value is -4.21. The summed E-state index contributed by atoms with van der Waals surface area (Å²) in [7, 11) is -2.24. The summed E-state index contributed by atoms with van der Waals surface area (Å²) in [5.74, 6) is 0.274. The second-order valence-electron chi connectivity index (χ2n) is 7.71. The molecule has 4 aromatic carbocycles. The normalized spacial score (nSPS) is 10.8. The van der Waals surface area contributed by atoms with Gasteiger partial charge >= 0.3 is 0 Å². The molecular formula is C27H23N3O4S2. The molecule has 3 N–H and O–H groups in total. The van der Waals surface area contributed by atoms with Crippen LogP contribution in [0.2, 0.25) is 0 Å². The third-order valence-corrected chi connectivity index (χ3v) is 6.85. The molecule has 0 heterocycles. The maximum absolute atomic E-state index is 12.7. The fourth-order valence-corrected chi connectivity index (χ4v) is 4.64. The average molecular weight is 518 g/mol. The van der Waals surface area contributed by atoms with Crippen LogP contribution in [0.25, 0.3) is 11.1 Å². The van der Waals surface area contributed by atoms with Crippen molar-refractivity contribution < 1.29 is 17.9 Å². The van der Waals surface area contributed by atoms with E-state index in [1.807, 2.05) is 42.5 Å². The minimum atomic E-state index is -3.78. The summed E-state index contributed by atoms with van der Waals surface area (Å²) >= 11 is 5.24. The highest BCUT2D eigenvalue weighted by molar-refractivity contribution is 7.92. The van der Waals surface area contributed by atoms with Gasteiger partial charge in [0.2, 0.25) is 0 Å². The Labute approximate surface area is 215 Å². The number of hydrogen-bond donors (Lipinski definition) is 3. The maximum atomic E-state index is 12.7. The van der Waals surface area contributed by atoms with Crippen LogP contribution in [0.15, 0.2) is 108 Å². The molecule has 0 aliphatic carbocycles. The summed E-state index contributed by atoms with van der Waals surface area (Å²) < 4.78 is 32.9. The van der Waals surface area contributed by atoms with E-state index in [-0.39, 0.29) is 15.9 Å². The molecule has 4 aromatic rings. The molecule has 0 aromatic heterocycles. The van der Waals surface area contributed by atoms with E-state index in [0.717, 1.165) is 11.1 Å². The highest BCUT2D eigenvalue weighted by Gasteiger charge is 2.15. The summed E-state index contributed by atoms with van der Waals surface area (Å²) in [6.07, 6.45) is 0. The van der Waals surface area contributed by atoms with Crippen LogP contribution >= 0.6 is 12.2 Å². The SMILES string of the molecule is COc1ccc(NS(=O)(=O)c2ccc(NC(=S)NC(=O)c3ccc(-c4ccccc4)cc3)cc2)cc1. The van der Waals surface area contributed by atoms with Crippen LogP contribution in [-0.2, 0) is 10.0 Å². The minimum Gasteiger partial charge on any atom is -0.497 e. The zero-order chi connectivity index (χ0) is 25.5. The molecule has 0 radical (unpaired) electrons. The van der Waals surface area contributed by atoms with E-state index >= 15 is 0 Å². The van der Waals surface area contributed by atoms with Crippen molar-refractivity contribution in [3.63, 3.8) is 0 Å². The summed E-state index contributed by atoms with van der Waals surface area (Å²) in [4.78, 5) is 12.6. The van der Waals surface area contributed by atoms with Gasteiger partial charge in [-0.25, -0.2) is 8.42 Å². The standard InChI is InChI=1S/C27H23N3O4S2/c1-34-24-15-11-23(12-16-24)30-36(32,33)25-17-13-22(14-18-25)28-27(35)29-26(31)21-9-7-20(8-10-21)19-5-3-2-4-6-19/h2-18,30H,1H3,(H2,28,29,31,35). The lowest BCUT2D eigenvalue weighted by Gasteiger charge is -2.12. The van der Waals surface area contributed by atoms with Crippen LogP contribution in [0.3, 0.4) is 0 Å². The molecule has 9 heteroatoms. The van der Waals surface area contributed by atoms with Gasteiger partial charge in [0.1, 0.15) is 5.75 Å². The first-order valence-electron chi connectivity index (χ1n) is 10.9. The van der Waals surface area contributed by atoms with E-state index < -0.39 is 10.0 Å². The quantitative estimate of drug-likeness (QED) is 0.288. The van der Waals surface area contributed by atoms with E-state index in [0.29, 0.717) is 22.7 Å². The highest BCUT2D eigenvalue weighted by atomic mass is 32.2. The summed E-state index contributed by atoms with van der Waals surface area (Å²) in [5.41, 5.74) is 3.47. The number of anilines is 2. The molecule has 0 saturated heterocycles. The Kier molecular flexibility index (Phi) is 7.62. The van der Waals surface area contributed by atoms with Gasteiger partial charge in [0, 0.05) is 16.9 Å². The summed E-state index contributed by atoms with van der Waals surface area (Å²) in [5, 5.41) is 5.62. The highest BCUT2D eigenvalue weighted by Crippen LogP contribution is 2.21. The first kappa shape index (κ1) is 24.9. The third kappa shape index (κ3) is 6.26. The number of methoxy groups -OCH3 is 1. The molecule has 4 rings (SSSR count). The monoisotopic (exact) mass is 517 g/mol. The van der Waals surface area contributed by atoms with Gasteiger partial charge in [0.25, 0.3) is 15.9 Å². The lowest BCUT2D eigenvalue weighted by atomic mass is 10.0. The Bertz CT molecular complexity index is 1450. The van der Waals surface area contributed by atoms with Crippen LogP contribution in [0, 0.1) is 0 Å². The van der Waals surface area contributed by atoms with E-state index in [9.17, 15) is 13.2 Å². The van der Waals surface area contributed by atoms with Crippen LogP contribution in [0.5, 0.6) is 5.75 Å². The van der Waals surface area contributed by atoms with Crippen LogP contribution in [0.1, 0.15) is 10.4 Å². The van der Waals surface area contributed by atoms with E-state index in [1.165, 1.54) is 19.2 Å². The Morgan fingerprint density at radius 3 is 1.94 bits per heavy atom.